The largest absolute Gasteiger partial charge is 0.473 e. The van der Waals surface area contributed by atoms with Crippen molar-refractivity contribution in [1.82, 2.24) is 4.98 Å². The maximum atomic E-state index is 13.8. The second-order valence-electron chi connectivity index (χ2n) is 5.74. The number of hydrogen-bond acceptors (Lipinski definition) is 3. The molecule has 26 heavy (non-hydrogen) atoms. The molecule has 0 radical (unpaired) electrons. The fourth-order valence-corrected chi connectivity index (χ4v) is 2.25. The lowest BCUT2D eigenvalue weighted by Gasteiger charge is -2.08. The lowest BCUT2D eigenvalue weighted by atomic mass is 10.2. The van der Waals surface area contributed by atoms with Crippen molar-refractivity contribution in [3.05, 3.63) is 89.1 Å². The third kappa shape index (κ3) is 4.42. The topological polar surface area (TPSA) is 51.2 Å². The predicted octanol–water partition coefficient (Wildman–Crippen LogP) is 4.50. The van der Waals surface area contributed by atoms with Gasteiger partial charge in [-0.25, -0.2) is 13.8 Å². The van der Waals surface area contributed by atoms with Gasteiger partial charge in [0.1, 0.15) is 18.2 Å². The molecule has 0 fully saturated rings. The molecule has 1 aromatic heterocycles. The van der Waals surface area contributed by atoms with Crippen LogP contribution in [0.3, 0.4) is 0 Å². The molecule has 0 atom stereocenters. The highest BCUT2D eigenvalue weighted by Gasteiger charge is 2.10. The van der Waals surface area contributed by atoms with Gasteiger partial charge in [0.2, 0.25) is 5.88 Å². The molecule has 6 heteroatoms. The molecule has 132 valence electrons. The van der Waals surface area contributed by atoms with Crippen LogP contribution in [0, 0.1) is 18.6 Å². The monoisotopic (exact) mass is 354 g/mol. The Bertz CT molecular complexity index is 910. The molecule has 4 nitrogen and oxygen atoms in total. The van der Waals surface area contributed by atoms with E-state index in [1.54, 1.807) is 31.2 Å². The van der Waals surface area contributed by atoms with E-state index in [-0.39, 0.29) is 23.7 Å². The average Bonchev–Trinajstić information content (AvgIpc) is 2.64. The summed E-state index contributed by atoms with van der Waals surface area (Å²) in [5.41, 5.74) is 1.95. The first-order valence-electron chi connectivity index (χ1n) is 7.92. The van der Waals surface area contributed by atoms with E-state index in [2.05, 4.69) is 10.3 Å². The number of rotatable bonds is 5. The Morgan fingerprint density at radius 2 is 1.85 bits per heavy atom. The van der Waals surface area contributed by atoms with Crippen molar-refractivity contribution in [3.8, 4) is 5.88 Å². The van der Waals surface area contributed by atoms with Crippen molar-refractivity contribution in [2.45, 2.75) is 13.5 Å². The first-order chi connectivity index (χ1) is 12.5. The van der Waals surface area contributed by atoms with Gasteiger partial charge < -0.3 is 10.1 Å². The van der Waals surface area contributed by atoms with Crippen molar-refractivity contribution < 1.29 is 18.3 Å². The van der Waals surface area contributed by atoms with Crippen molar-refractivity contribution in [1.29, 1.82) is 0 Å². The van der Waals surface area contributed by atoms with E-state index in [0.717, 1.165) is 11.1 Å². The van der Waals surface area contributed by atoms with Gasteiger partial charge in [-0.3, -0.25) is 4.79 Å². The number of halogens is 2. The molecule has 0 aliphatic heterocycles. The van der Waals surface area contributed by atoms with E-state index in [1.807, 2.05) is 0 Å². The highest BCUT2D eigenvalue weighted by atomic mass is 19.1. The minimum atomic E-state index is -0.495. The molecule has 1 amide bonds. The Morgan fingerprint density at radius 3 is 2.50 bits per heavy atom. The number of benzene rings is 2. The Kier molecular flexibility index (Phi) is 5.22. The van der Waals surface area contributed by atoms with Crippen LogP contribution < -0.4 is 10.1 Å². The van der Waals surface area contributed by atoms with Gasteiger partial charge in [-0.2, -0.15) is 0 Å². The number of amides is 1. The molecule has 0 unspecified atom stereocenters. The summed E-state index contributed by atoms with van der Waals surface area (Å²) in [6, 6.07) is 13.6. The number of hydrogen-bond donors (Lipinski definition) is 1. The number of nitrogens with zero attached hydrogens (tertiary/aromatic N) is 1. The lowest BCUT2D eigenvalue weighted by molar-refractivity contribution is 0.102. The summed E-state index contributed by atoms with van der Waals surface area (Å²) >= 11 is 0. The van der Waals surface area contributed by atoms with Crippen molar-refractivity contribution in [2.75, 3.05) is 5.32 Å². The Labute approximate surface area is 149 Å². The van der Waals surface area contributed by atoms with E-state index in [1.165, 1.54) is 36.5 Å². The van der Waals surface area contributed by atoms with Crippen LogP contribution in [-0.4, -0.2) is 10.9 Å². The van der Waals surface area contributed by atoms with Crippen molar-refractivity contribution >= 4 is 11.6 Å². The fourth-order valence-electron chi connectivity index (χ4n) is 2.25. The van der Waals surface area contributed by atoms with Crippen LogP contribution in [-0.2, 0) is 6.61 Å². The number of nitrogens with one attached hydrogen (secondary N) is 1. The van der Waals surface area contributed by atoms with Gasteiger partial charge in [-0.1, -0.05) is 18.2 Å². The van der Waals surface area contributed by atoms with Crippen molar-refractivity contribution in [3.63, 3.8) is 0 Å². The van der Waals surface area contributed by atoms with E-state index < -0.39 is 11.7 Å². The van der Waals surface area contributed by atoms with Gasteiger partial charge in [0.15, 0.2) is 0 Å². The summed E-state index contributed by atoms with van der Waals surface area (Å²) < 4.78 is 32.2. The molecular formula is C20H16F2N2O2. The summed E-state index contributed by atoms with van der Waals surface area (Å²) in [7, 11) is 0. The van der Waals surface area contributed by atoms with Gasteiger partial charge in [0.25, 0.3) is 5.91 Å². The van der Waals surface area contributed by atoms with Gasteiger partial charge in [0.05, 0.1) is 11.3 Å². The predicted molar refractivity (Wildman–Crippen MR) is 94.1 cm³/mol. The summed E-state index contributed by atoms with van der Waals surface area (Å²) in [6.07, 6.45) is 1.35. The number of anilines is 1. The number of carbonyl (C=O) groups is 1. The van der Waals surface area contributed by atoms with Crippen LogP contribution in [0.5, 0.6) is 5.88 Å². The molecule has 0 spiro atoms. The fraction of sp³-hybridized carbons (Fsp3) is 0.100. The molecule has 1 N–H and O–H groups in total. The summed E-state index contributed by atoms with van der Waals surface area (Å²) in [6.45, 7) is 2.00. The number of pyridine rings is 1. The number of aromatic nitrogens is 1. The summed E-state index contributed by atoms with van der Waals surface area (Å²) in [5, 5.41) is 2.51. The molecule has 0 aliphatic carbocycles. The second-order valence-corrected chi connectivity index (χ2v) is 5.74. The van der Waals surface area contributed by atoms with E-state index in [0.29, 0.717) is 5.88 Å². The number of aryl methyl sites for hydroxylation is 1. The Hall–Kier alpha value is -3.28. The molecule has 1 heterocycles. The van der Waals surface area contributed by atoms with Gasteiger partial charge in [0, 0.05) is 12.3 Å². The first kappa shape index (κ1) is 17.5. The standard InChI is InChI=1S/C20H16F2N2O2/c1-13-2-8-18(17(22)10-13)24-20(25)15-5-9-19(23-11-15)26-12-14-3-6-16(21)7-4-14/h2-11H,12H2,1H3,(H,24,25). The van der Waals surface area contributed by atoms with E-state index in [9.17, 15) is 13.6 Å². The molecular weight excluding hydrogens is 338 g/mol. The molecule has 0 saturated heterocycles. The minimum Gasteiger partial charge on any atom is -0.473 e. The summed E-state index contributed by atoms with van der Waals surface area (Å²) in [5.74, 6) is -0.949. The number of ether oxygens (including phenoxy) is 1. The van der Waals surface area contributed by atoms with Crippen LogP contribution in [0.25, 0.3) is 0 Å². The normalized spacial score (nSPS) is 10.4. The lowest BCUT2D eigenvalue weighted by Crippen LogP contribution is -2.13. The third-order valence-corrected chi connectivity index (χ3v) is 3.67. The van der Waals surface area contributed by atoms with Crippen molar-refractivity contribution in [2.24, 2.45) is 0 Å². The smallest absolute Gasteiger partial charge is 0.257 e. The zero-order valence-electron chi connectivity index (χ0n) is 14.0. The maximum absolute atomic E-state index is 13.8. The van der Waals surface area contributed by atoms with Crippen LogP contribution in [0.2, 0.25) is 0 Å². The molecule has 0 saturated carbocycles. The zero-order valence-corrected chi connectivity index (χ0v) is 14.0. The molecule has 3 rings (SSSR count). The van der Waals surface area contributed by atoms with E-state index in [4.69, 9.17) is 4.74 Å². The average molecular weight is 354 g/mol. The molecule has 0 bridgehead atoms. The first-order valence-corrected chi connectivity index (χ1v) is 7.92. The second kappa shape index (κ2) is 7.74. The highest BCUT2D eigenvalue weighted by molar-refractivity contribution is 6.04. The SMILES string of the molecule is Cc1ccc(NC(=O)c2ccc(OCc3ccc(F)cc3)nc2)c(F)c1. The summed E-state index contributed by atoms with van der Waals surface area (Å²) in [4.78, 5) is 16.2. The molecule has 3 aromatic rings. The van der Waals surface area contributed by atoms with Crippen LogP contribution in [0.4, 0.5) is 14.5 Å². The van der Waals surface area contributed by atoms with Crippen LogP contribution >= 0.6 is 0 Å². The zero-order chi connectivity index (χ0) is 18.5. The molecule has 0 aliphatic rings. The van der Waals surface area contributed by atoms with Crippen LogP contribution in [0.15, 0.2) is 60.8 Å². The third-order valence-electron chi connectivity index (χ3n) is 3.67. The van der Waals surface area contributed by atoms with Gasteiger partial charge in [-0.05, 0) is 48.4 Å². The molecule has 2 aromatic carbocycles. The Balaban J connectivity index is 1.61. The Morgan fingerprint density at radius 1 is 1.08 bits per heavy atom. The van der Waals surface area contributed by atoms with Gasteiger partial charge in [-0.15, -0.1) is 0 Å². The minimum absolute atomic E-state index is 0.109. The van der Waals surface area contributed by atoms with Crippen LogP contribution in [0.1, 0.15) is 21.5 Å². The number of carbonyl (C=O) groups excluding carboxylic acids is 1. The quantitative estimate of drug-likeness (QED) is 0.734. The maximum Gasteiger partial charge on any atom is 0.257 e. The van der Waals surface area contributed by atoms with Gasteiger partial charge >= 0.3 is 0 Å². The van der Waals surface area contributed by atoms with E-state index >= 15 is 0 Å². The highest BCUT2D eigenvalue weighted by Crippen LogP contribution is 2.17.